The number of aryl methyl sites for hydroxylation is 1. The molecule has 1 aromatic rings. The van der Waals surface area contributed by atoms with Crippen molar-refractivity contribution in [2.75, 3.05) is 24.7 Å². The van der Waals surface area contributed by atoms with Crippen molar-refractivity contribution in [2.45, 2.75) is 19.8 Å². The lowest BCUT2D eigenvalue weighted by Gasteiger charge is -2.20. The molecular formula is C13H20ClNO2S. The number of sulfonamides is 1. The summed E-state index contributed by atoms with van der Waals surface area (Å²) in [6.07, 6.45) is 1.35. The maximum Gasteiger partial charge on any atom is 0.214 e. The zero-order valence-corrected chi connectivity index (χ0v) is 12.3. The molecule has 0 aliphatic rings. The third-order valence-corrected chi connectivity index (χ3v) is 4.73. The number of rotatable bonds is 8. The quantitative estimate of drug-likeness (QED) is 0.690. The van der Waals surface area contributed by atoms with Crippen molar-refractivity contribution in [3.05, 3.63) is 35.9 Å². The van der Waals surface area contributed by atoms with E-state index in [-0.39, 0.29) is 5.75 Å². The van der Waals surface area contributed by atoms with Crippen molar-refractivity contribution in [1.29, 1.82) is 0 Å². The van der Waals surface area contributed by atoms with Gasteiger partial charge in [0.05, 0.1) is 5.75 Å². The topological polar surface area (TPSA) is 37.4 Å². The van der Waals surface area contributed by atoms with Crippen molar-refractivity contribution < 1.29 is 8.42 Å². The Kier molecular flexibility index (Phi) is 6.68. The second-order valence-electron chi connectivity index (χ2n) is 4.14. The molecule has 0 spiro atoms. The van der Waals surface area contributed by atoms with Crippen LogP contribution in [0.1, 0.15) is 18.9 Å². The van der Waals surface area contributed by atoms with Gasteiger partial charge < -0.3 is 0 Å². The molecule has 0 saturated carbocycles. The van der Waals surface area contributed by atoms with Crippen molar-refractivity contribution in [3.8, 4) is 0 Å². The van der Waals surface area contributed by atoms with Crippen LogP contribution in [0.25, 0.3) is 0 Å². The fourth-order valence-corrected chi connectivity index (χ4v) is 3.64. The normalized spacial score (nSPS) is 11.9. The number of halogens is 1. The van der Waals surface area contributed by atoms with Crippen LogP contribution in [0.3, 0.4) is 0 Å². The number of hydrogen-bond acceptors (Lipinski definition) is 2. The predicted molar refractivity (Wildman–Crippen MR) is 76.5 cm³/mol. The Hall–Kier alpha value is -0.580. The summed E-state index contributed by atoms with van der Waals surface area (Å²) in [5, 5.41) is 0. The molecule has 0 atom stereocenters. The third-order valence-electron chi connectivity index (χ3n) is 2.69. The first-order valence-electron chi connectivity index (χ1n) is 6.18. The summed E-state index contributed by atoms with van der Waals surface area (Å²) in [6.45, 7) is 2.91. The summed E-state index contributed by atoms with van der Waals surface area (Å²) in [6, 6.07) is 9.66. The van der Waals surface area contributed by atoms with Crippen LogP contribution in [0.5, 0.6) is 0 Å². The van der Waals surface area contributed by atoms with E-state index < -0.39 is 10.0 Å². The minimum atomic E-state index is -3.20. The molecule has 0 aliphatic heterocycles. The molecule has 1 rings (SSSR count). The van der Waals surface area contributed by atoms with E-state index in [9.17, 15) is 8.42 Å². The van der Waals surface area contributed by atoms with Crippen LogP contribution in [0.2, 0.25) is 0 Å². The number of benzene rings is 1. The van der Waals surface area contributed by atoms with Crippen LogP contribution in [-0.4, -0.2) is 37.4 Å². The van der Waals surface area contributed by atoms with E-state index >= 15 is 0 Å². The van der Waals surface area contributed by atoms with Crippen LogP contribution in [-0.2, 0) is 16.4 Å². The molecule has 0 unspecified atom stereocenters. The predicted octanol–water partition coefficient (Wildman–Crippen LogP) is 2.51. The van der Waals surface area contributed by atoms with E-state index in [1.54, 1.807) is 0 Å². The van der Waals surface area contributed by atoms with E-state index in [0.717, 1.165) is 12.0 Å². The van der Waals surface area contributed by atoms with Crippen molar-refractivity contribution >= 4 is 21.6 Å². The summed E-state index contributed by atoms with van der Waals surface area (Å²) in [5.74, 6) is 0.485. The Bertz CT molecular complexity index is 428. The average Bonchev–Trinajstić information content (AvgIpc) is 2.37. The largest absolute Gasteiger partial charge is 0.214 e. The van der Waals surface area contributed by atoms with Crippen molar-refractivity contribution in [1.82, 2.24) is 4.31 Å². The molecule has 0 amide bonds. The molecule has 18 heavy (non-hydrogen) atoms. The van der Waals surface area contributed by atoms with Gasteiger partial charge in [-0.05, 0) is 18.4 Å². The molecule has 1 aromatic carbocycles. The zero-order chi connectivity index (χ0) is 13.4. The van der Waals surface area contributed by atoms with Gasteiger partial charge in [-0.25, -0.2) is 12.7 Å². The summed E-state index contributed by atoms with van der Waals surface area (Å²) in [5.41, 5.74) is 1.04. The highest BCUT2D eigenvalue weighted by Gasteiger charge is 2.20. The smallest absolute Gasteiger partial charge is 0.212 e. The molecular weight excluding hydrogens is 270 g/mol. The van der Waals surface area contributed by atoms with Gasteiger partial charge in [-0.15, -0.1) is 11.6 Å². The molecule has 0 heterocycles. The van der Waals surface area contributed by atoms with E-state index in [1.165, 1.54) is 4.31 Å². The second kappa shape index (κ2) is 7.77. The molecule has 0 saturated heterocycles. The molecule has 0 radical (unpaired) electrons. The number of nitrogens with zero attached hydrogens (tertiary/aromatic N) is 1. The SMILES string of the molecule is CCCN(CCCl)S(=O)(=O)CCc1ccccc1. The Balaban J connectivity index is 2.62. The summed E-state index contributed by atoms with van der Waals surface area (Å²) < 4.78 is 25.8. The van der Waals surface area contributed by atoms with Gasteiger partial charge in [-0.3, -0.25) is 0 Å². The van der Waals surface area contributed by atoms with Crippen molar-refractivity contribution in [2.24, 2.45) is 0 Å². The minimum Gasteiger partial charge on any atom is -0.212 e. The summed E-state index contributed by atoms with van der Waals surface area (Å²) in [4.78, 5) is 0. The highest BCUT2D eigenvalue weighted by molar-refractivity contribution is 7.89. The van der Waals surface area contributed by atoms with Gasteiger partial charge in [0.15, 0.2) is 0 Å². The zero-order valence-electron chi connectivity index (χ0n) is 10.7. The highest BCUT2D eigenvalue weighted by atomic mass is 35.5. The Morgan fingerprint density at radius 1 is 1.17 bits per heavy atom. The molecule has 0 N–H and O–H groups in total. The molecule has 102 valence electrons. The Morgan fingerprint density at radius 2 is 1.83 bits per heavy atom. The molecule has 0 aliphatic carbocycles. The maximum atomic E-state index is 12.2. The van der Waals surface area contributed by atoms with E-state index in [4.69, 9.17) is 11.6 Å². The molecule has 5 heteroatoms. The van der Waals surface area contributed by atoms with Crippen LogP contribution in [0.4, 0.5) is 0 Å². The summed E-state index contributed by atoms with van der Waals surface area (Å²) in [7, 11) is -3.20. The number of hydrogen-bond donors (Lipinski definition) is 0. The third kappa shape index (κ3) is 4.96. The first kappa shape index (κ1) is 15.5. The standard InChI is InChI=1S/C13H20ClNO2S/c1-2-10-15(11-9-14)18(16,17)12-8-13-6-4-3-5-7-13/h3-7H,2,8-12H2,1H3. The van der Waals surface area contributed by atoms with Crippen LogP contribution in [0, 0.1) is 0 Å². The highest BCUT2D eigenvalue weighted by Crippen LogP contribution is 2.08. The van der Waals surface area contributed by atoms with Crippen LogP contribution < -0.4 is 0 Å². The Labute approximate surface area is 115 Å². The number of alkyl halides is 1. The molecule has 0 fully saturated rings. The average molecular weight is 290 g/mol. The van der Waals surface area contributed by atoms with E-state index in [2.05, 4.69) is 0 Å². The first-order chi connectivity index (χ1) is 8.60. The lowest BCUT2D eigenvalue weighted by atomic mass is 10.2. The fraction of sp³-hybridized carbons (Fsp3) is 0.538. The van der Waals surface area contributed by atoms with E-state index in [0.29, 0.717) is 25.4 Å². The first-order valence-corrected chi connectivity index (χ1v) is 8.32. The Morgan fingerprint density at radius 3 is 2.39 bits per heavy atom. The van der Waals surface area contributed by atoms with Gasteiger partial charge in [0.2, 0.25) is 10.0 Å². The van der Waals surface area contributed by atoms with Crippen LogP contribution >= 0.6 is 11.6 Å². The lowest BCUT2D eigenvalue weighted by Crippen LogP contribution is -2.35. The van der Waals surface area contributed by atoms with Crippen molar-refractivity contribution in [3.63, 3.8) is 0 Å². The fourth-order valence-electron chi connectivity index (χ4n) is 1.75. The van der Waals surface area contributed by atoms with Gasteiger partial charge in [-0.2, -0.15) is 0 Å². The monoisotopic (exact) mass is 289 g/mol. The van der Waals surface area contributed by atoms with Gasteiger partial charge >= 0.3 is 0 Å². The minimum absolute atomic E-state index is 0.147. The second-order valence-corrected chi connectivity index (χ2v) is 6.61. The molecule has 0 bridgehead atoms. The van der Waals surface area contributed by atoms with Gasteiger partial charge in [-0.1, -0.05) is 37.3 Å². The molecule has 3 nitrogen and oxygen atoms in total. The van der Waals surface area contributed by atoms with Gasteiger partial charge in [0.1, 0.15) is 0 Å². The molecule has 0 aromatic heterocycles. The van der Waals surface area contributed by atoms with E-state index in [1.807, 2.05) is 37.3 Å². The van der Waals surface area contributed by atoms with Gasteiger partial charge in [0.25, 0.3) is 0 Å². The summed E-state index contributed by atoms with van der Waals surface area (Å²) >= 11 is 5.65. The van der Waals surface area contributed by atoms with Crippen LogP contribution in [0.15, 0.2) is 30.3 Å². The maximum absolute atomic E-state index is 12.2. The lowest BCUT2D eigenvalue weighted by molar-refractivity contribution is 0.428. The van der Waals surface area contributed by atoms with Gasteiger partial charge in [0, 0.05) is 19.0 Å².